The fourth-order valence-electron chi connectivity index (χ4n) is 2.78. The van der Waals surface area contributed by atoms with Crippen LogP contribution in [0.3, 0.4) is 0 Å². The maximum Gasteiger partial charge on any atom is 0.257 e. The molecule has 132 valence electrons. The Balaban J connectivity index is 2.17. The second kappa shape index (κ2) is 5.68. The van der Waals surface area contributed by atoms with E-state index in [0.29, 0.717) is 23.7 Å². The molecule has 8 heteroatoms. The number of hydrogen-bond acceptors (Lipinski definition) is 3. The van der Waals surface area contributed by atoms with Crippen LogP contribution in [-0.4, -0.2) is 29.9 Å². The molecule has 5 nitrogen and oxygen atoms in total. The van der Waals surface area contributed by atoms with Crippen LogP contribution in [-0.2, 0) is 22.0 Å². The van der Waals surface area contributed by atoms with E-state index in [4.69, 9.17) is 0 Å². The quantitative estimate of drug-likeness (QED) is 0.891. The van der Waals surface area contributed by atoms with Gasteiger partial charge in [0.2, 0.25) is 10.0 Å². The SMILES string of the molecule is CC(C)(C)c1cccc2c(NS(=O)(=O)C3CC3)nn(CC(F)F)c12. The monoisotopic (exact) mass is 357 g/mol. The maximum atomic E-state index is 13.0. The summed E-state index contributed by atoms with van der Waals surface area (Å²) in [4.78, 5) is 0. The van der Waals surface area contributed by atoms with E-state index < -0.39 is 28.2 Å². The van der Waals surface area contributed by atoms with E-state index in [9.17, 15) is 17.2 Å². The van der Waals surface area contributed by atoms with Crippen molar-refractivity contribution in [3.8, 4) is 0 Å². The van der Waals surface area contributed by atoms with Crippen molar-refractivity contribution in [3.63, 3.8) is 0 Å². The Kier molecular flexibility index (Phi) is 4.06. The van der Waals surface area contributed by atoms with Gasteiger partial charge in [-0.3, -0.25) is 9.40 Å². The molecule has 1 aromatic carbocycles. The largest absolute Gasteiger partial charge is 0.265 e. The van der Waals surface area contributed by atoms with Gasteiger partial charge in [-0.05, 0) is 29.9 Å². The molecule has 1 fully saturated rings. The summed E-state index contributed by atoms with van der Waals surface area (Å²) in [7, 11) is -3.51. The topological polar surface area (TPSA) is 64.0 Å². The average molecular weight is 357 g/mol. The van der Waals surface area contributed by atoms with Crippen molar-refractivity contribution >= 4 is 26.7 Å². The van der Waals surface area contributed by atoms with E-state index in [1.165, 1.54) is 4.68 Å². The van der Waals surface area contributed by atoms with Gasteiger partial charge in [0, 0.05) is 5.39 Å². The van der Waals surface area contributed by atoms with Gasteiger partial charge in [-0.25, -0.2) is 17.2 Å². The molecule has 1 aliphatic carbocycles. The Morgan fingerprint density at radius 1 is 1.33 bits per heavy atom. The number of rotatable bonds is 5. The van der Waals surface area contributed by atoms with Crippen molar-refractivity contribution < 1.29 is 17.2 Å². The maximum absolute atomic E-state index is 13.0. The Morgan fingerprint density at radius 3 is 2.54 bits per heavy atom. The number of alkyl halides is 2. The first-order valence-electron chi connectivity index (χ1n) is 7.89. The average Bonchev–Trinajstić information content (AvgIpc) is 3.24. The van der Waals surface area contributed by atoms with Crippen LogP contribution in [0.15, 0.2) is 18.2 Å². The number of nitrogens with zero attached hydrogens (tertiary/aromatic N) is 2. The van der Waals surface area contributed by atoms with Gasteiger partial charge in [-0.15, -0.1) is 0 Å². The van der Waals surface area contributed by atoms with Crippen molar-refractivity contribution in [2.24, 2.45) is 0 Å². The second-order valence-corrected chi connectivity index (χ2v) is 9.18. The number of fused-ring (bicyclic) bond motifs is 1. The zero-order valence-electron chi connectivity index (χ0n) is 13.9. The fraction of sp³-hybridized carbons (Fsp3) is 0.562. The lowest BCUT2D eigenvalue weighted by Gasteiger charge is -2.21. The lowest BCUT2D eigenvalue weighted by atomic mass is 9.85. The highest BCUT2D eigenvalue weighted by molar-refractivity contribution is 7.93. The molecule has 1 aromatic heterocycles. The first-order chi connectivity index (χ1) is 11.1. The smallest absolute Gasteiger partial charge is 0.257 e. The van der Waals surface area contributed by atoms with Gasteiger partial charge in [0.25, 0.3) is 6.43 Å². The van der Waals surface area contributed by atoms with E-state index in [1.54, 1.807) is 12.1 Å². The van der Waals surface area contributed by atoms with Gasteiger partial charge >= 0.3 is 0 Å². The van der Waals surface area contributed by atoms with Gasteiger partial charge in [0.1, 0.15) is 6.54 Å². The lowest BCUT2D eigenvalue weighted by Crippen LogP contribution is -2.18. The Hall–Kier alpha value is -1.70. The third-order valence-electron chi connectivity index (χ3n) is 4.09. The third-order valence-corrected chi connectivity index (χ3v) is 5.92. The molecule has 0 spiro atoms. The van der Waals surface area contributed by atoms with Crippen LogP contribution in [0.2, 0.25) is 0 Å². The van der Waals surface area contributed by atoms with E-state index in [-0.39, 0.29) is 11.2 Å². The number of benzene rings is 1. The number of halogens is 2. The molecule has 1 aliphatic rings. The van der Waals surface area contributed by atoms with Crippen molar-refractivity contribution in [1.82, 2.24) is 9.78 Å². The number of hydrogen-bond donors (Lipinski definition) is 1. The minimum Gasteiger partial charge on any atom is -0.265 e. The summed E-state index contributed by atoms with van der Waals surface area (Å²) in [6, 6.07) is 5.38. The minimum atomic E-state index is -3.51. The zero-order valence-corrected chi connectivity index (χ0v) is 14.7. The Morgan fingerprint density at radius 2 is 2.00 bits per heavy atom. The van der Waals surface area contributed by atoms with Crippen LogP contribution in [0, 0.1) is 0 Å². The van der Waals surface area contributed by atoms with Crippen LogP contribution in [0.4, 0.5) is 14.6 Å². The van der Waals surface area contributed by atoms with Crippen LogP contribution in [0.25, 0.3) is 10.9 Å². The molecule has 0 bridgehead atoms. The second-order valence-electron chi connectivity index (χ2n) is 7.22. The molecule has 0 saturated heterocycles. The molecular weight excluding hydrogens is 336 g/mol. The fourth-order valence-corrected chi connectivity index (χ4v) is 4.12. The van der Waals surface area contributed by atoms with Crippen molar-refractivity contribution in [2.45, 2.75) is 57.2 Å². The van der Waals surface area contributed by atoms with Gasteiger partial charge in [0.05, 0.1) is 10.8 Å². The molecule has 24 heavy (non-hydrogen) atoms. The first-order valence-corrected chi connectivity index (χ1v) is 9.44. The minimum absolute atomic E-state index is 0.128. The zero-order chi connectivity index (χ0) is 17.7. The number of aromatic nitrogens is 2. The molecule has 0 atom stereocenters. The van der Waals surface area contributed by atoms with Crippen molar-refractivity contribution in [2.75, 3.05) is 4.72 Å². The van der Waals surface area contributed by atoms with E-state index >= 15 is 0 Å². The molecule has 0 amide bonds. The molecule has 2 aromatic rings. The summed E-state index contributed by atoms with van der Waals surface area (Å²) >= 11 is 0. The predicted molar refractivity (Wildman–Crippen MR) is 90.0 cm³/mol. The van der Waals surface area contributed by atoms with Crippen LogP contribution in [0.1, 0.15) is 39.2 Å². The van der Waals surface area contributed by atoms with Crippen molar-refractivity contribution in [3.05, 3.63) is 23.8 Å². The summed E-state index contributed by atoms with van der Waals surface area (Å²) in [6.07, 6.45) is -1.33. The summed E-state index contributed by atoms with van der Waals surface area (Å²) in [5.74, 6) is 0.128. The van der Waals surface area contributed by atoms with Crippen molar-refractivity contribution in [1.29, 1.82) is 0 Å². The standard InChI is InChI=1S/C16H21F2N3O2S/c1-16(2,3)12-6-4-5-11-14(12)21(9-13(17)18)19-15(11)20-24(22,23)10-7-8-10/h4-6,10,13H,7-9H2,1-3H3,(H,19,20). The van der Waals surface area contributed by atoms with Crippen LogP contribution < -0.4 is 4.72 Å². The molecule has 1 heterocycles. The summed E-state index contributed by atoms with van der Waals surface area (Å²) in [6.45, 7) is 5.37. The number of anilines is 1. The summed E-state index contributed by atoms with van der Waals surface area (Å²) in [5.41, 5.74) is 1.12. The first kappa shape index (κ1) is 17.1. The number of sulfonamides is 1. The molecule has 0 radical (unpaired) electrons. The highest BCUT2D eigenvalue weighted by atomic mass is 32.2. The predicted octanol–water partition coefficient (Wildman–Crippen LogP) is 3.50. The highest BCUT2D eigenvalue weighted by Gasteiger charge is 2.37. The highest BCUT2D eigenvalue weighted by Crippen LogP contribution is 2.36. The lowest BCUT2D eigenvalue weighted by molar-refractivity contribution is 0.123. The van der Waals surface area contributed by atoms with Crippen LogP contribution in [0.5, 0.6) is 0 Å². The third kappa shape index (κ3) is 3.24. The summed E-state index contributed by atoms with van der Waals surface area (Å²) < 4.78 is 54.1. The number of para-hydroxylation sites is 1. The molecular formula is C16H21F2N3O2S. The van der Waals surface area contributed by atoms with E-state index in [2.05, 4.69) is 9.82 Å². The van der Waals surface area contributed by atoms with Crippen LogP contribution >= 0.6 is 0 Å². The van der Waals surface area contributed by atoms with Gasteiger partial charge in [-0.2, -0.15) is 5.10 Å². The molecule has 3 rings (SSSR count). The Labute approximate surface area is 140 Å². The van der Waals surface area contributed by atoms with Gasteiger partial charge in [0.15, 0.2) is 5.82 Å². The number of nitrogens with one attached hydrogen (secondary N) is 1. The molecule has 1 saturated carbocycles. The molecule has 0 unspecified atom stereocenters. The van der Waals surface area contributed by atoms with Gasteiger partial charge < -0.3 is 0 Å². The van der Waals surface area contributed by atoms with E-state index in [0.717, 1.165) is 5.56 Å². The molecule has 1 N–H and O–H groups in total. The van der Waals surface area contributed by atoms with Gasteiger partial charge in [-0.1, -0.05) is 32.9 Å². The normalized spacial score (nSPS) is 16.1. The van der Waals surface area contributed by atoms with E-state index in [1.807, 2.05) is 26.8 Å². The molecule has 0 aliphatic heterocycles. The Bertz CT molecular complexity index is 865. The summed E-state index contributed by atoms with van der Waals surface area (Å²) in [5, 5.41) is 4.29.